The van der Waals surface area contributed by atoms with Crippen LogP contribution in [0.2, 0.25) is 0 Å². The van der Waals surface area contributed by atoms with Gasteiger partial charge < -0.3 is 9.80 Å². The fourth-order valence-corrected chi connectivity index (χ4v) is 5.22. The zero-order chi connectivity index (χ0) is 19.4. The molecule has 150 valence electrons. The molecule has 2 aliphatic rings. The fraction of sp³-hybridized carbons (Fsp3) is 0.632. The second-order valence-corrected chi connectivity index (χ2v) is 9.43. The minimum absolute atomic E-state index is 0.1000. The van der Waals surface area contributed by atoms with Gasteiger partial charge in [0.2, 0.25) is 5.91 Å². The Morgan fingerprint density at radius 2 is 1.44 bits per heavy atom. The first-order chi connectivity index (χ1) is 12.9. The summed E-state index contributed by atoms with van der Waals surface area (Å²) < 4.78 is 28.7. The standard InChI is InChI=1S/C19H30N4O3S/c1-17(18-6-4-3-5-7-18)16-19(24)21-10-14-23(15-11-21)27(25,26)22-12-8-20(2)9-13-22/h3-7,17H,8-16H2,1-2H3/t17-/m1/s1. The molecule has 1 amide bonds. The van der Waals surface area contributed by atoms with Crippen molar-refractivity contribution < 1.29 is 13.2 Å². The molecular formula is C19H30N4O3S. The summed E-state index contributed by atoms with van der Waals surface area (Å²) in [4.78, 5) is 16.6. The Hall–Kier alpha value is -1.48. The van der Waals surface area contributed by atoms with E-state index in [0.717, 1.165) is 18.7 Å². The summed E-state index contributed by atoms with van der Waals surface area (Å²) in [7, 11) is -1.42. The Balaban J connectivity index is 1.51. The maximum atomic E-state index is 12.8. The van der Waals surface area contributed by atoms with Crippen LogP contribution in [0.4, 0.5) is 0 Å². The predicted molar refractivity (Wildman–Crippen MR) is 106 cm³/mol. The number of likely N-dealkylation sites (N-methyl/N-ethyl adjacent to an activating group) is 1. The van der Waals surface area contributed by atoms with Crippen LogP contribution in [0.5, 0.6) is 0 Å². The number of benzene rings is 1. The van der Waals surface area contributed by atoms with Gasteiger partial charge in [-0.05, 0) is 18.5 Å². The average molecular weight is 395 g/mol. The molecule has 1 aromatic carbocycles. The van der Waals surface area contributed by atoms with Crippen LogP contribution in [0.1, 0.15) is 24.8 Å². The first kappa shape index (κ1) is 20.3. The topological polar surface area (TPSA) is 64.2 Å². The van der Waals surface area contributed by atoms with Gasteiger partial charge in [0.15, 0.2) is 0 Å². The maximum absolute atomic E-state index is 12.8. The van der Waals surface area contributed by atoms with E-state index in [1.165, 1.54) is 4.31 Å². The highest BCUT2D eigenvalue weighted by molar-refractivity contribution is 7.86. The van der Waals surface area contributed by atoms with Gasteiger partial charge in [0.1, 0.15) is 0 Å². The third-order valence-corrected chi connectivity index (χ3v) is 7.59. The smallest absolute Gasteiger partial charge is 0.282 e. The summed E-state index contributed by atoms with van der Waals surface area (Å²) in [5.41, 5.74) is 1.15. The number of carbonyl (C=O) groups excluding carboxylic acids is 1. The second kappa shape index (κ2) is 8.68. The van der Waals surface area contributed by atoms with Gasteiger partial charge in [0.05, 0.1) is 0 Å². The van der Waals surface area contributed by atoms with Crippen molar-refractivity contribution in [2.45, 2.75) is 19.3 Å². The van der Waals surface area contributed by atoms with Crippen molar-refractivity contribution in [3.63, 3.8) is 0 Å². The van der Waals surface area contributed by atoms with Gasteiger partial charge in [0.25, 0.3) is 10.2 Å². The molecule has 3 rings (SSSR count). The molecule has 27 heavy (non-hydrogen) atoms. The summed E-state index contributed by atoms with van der Waals surface area (Å²) in [6.45, 7) is 6.32. The van der Waals surface area contributed by atoms with Crippen LogP contribution < -0.4 is 0 Å². The van der Waals surface area contributed by atoms with E-state index in [2.05, 4.69) is 11.8 Å². The molecule has 0 unspecified atom stereocenters. The van der Waals surface area contributed by atoms with E-state index in [4.69, 9.17) is 0 Å². The number of hydrogen-bond acceptors (Lipinski definition) is 4. The van der Waals surface area contributed by atoms with Crippen LogP contribution in [0.25, 0.3) is 0 Å². The molecule has 1 atom stereocenters. The lowest BCUT2D eigenvalue weighted by Crippen LogP contribution is -2.57. The van der Waals surface area contributed by atoms with E-state index in [0.29, 0.717) is 45.7 Å². The Labute approximate surface area is 162 Å². The number of piperazine rings is 2. The molecule has 0 aromatic heterocycles. The normalized spacial score (nSPS) is 21.9. The van der Waals surface area contributed by atoms with E-state index in [1.54, 1.807) is 9.21 Å². The lowest BCUT2D eigenvalue weighted by molar-refractivity contribution is -0.132. The summed E-state index contributed by atoms with van der Waals surface area (Å²) in [6.07, 6.45) is 0.454. The lowest BCUT2D eigenvalue weighted by atomic mass is 9.97. The number of rotatable bonds is 5. The Morgan fingerprint density at radius 3 is 2.00 bits per heavy atom. The van der Waals surface area contributed by atoms with Crippen LogP contribution in [0.15, 0.2) is 30.3 Å². The van der Waals surface area contributed by atoms with Crippen molar-refractivity contribution in [3.8, 4) is 0 Å². The highest BCUT2D eigenvalue weighted by Gasteiger charge is 2.34. The van der Waals surface area contributed by atoms with Crippen LogP contribution in [-0.4, -0.2) is 92.1 Å². The minimum Gasteiger partial charge on any atom is -0.340 e. The molecule has 8 heteroatoms. The maximum Gasteiger partial charge on any atom is 0.282 e. The summed E-state index contributed by atoms with van der Waals surface area (Å²) >= 11 is 0. The van der Waals surface area contributed by atoms with Crippen molar-refractivity contribution in [1.29, 1.82) is 0 Å². The van der Waals surface area contributed by atoms with E-state index in [1.807, 2.05) is 37.4 Å². The summed E-state index contributed by atoms with van der Waals surface area (Å²) in [5, 5.41) is 0. The van der Waals surface area contributed by atoms with E-state index in [-0.39, 0.29) is 11.8 Å². The van der Waals surface area contributed by atoms with E-state index in [9.17, 15) is 13.2 Å². The molecule has 0 N–H and O–H groups in total. The van der Waals surface area contributed by atoms with Gasteiger partial charge in [-0.3, -0.25) is 4.79 Å². The number of hydrogen-bond donors (Lipinski definition) is 0. The third kappa shape index (κ3) is 4.87. The van der Waals surface area contributed by atoms with Gasteiger partial charge in [-0.15, -0.1) is 0 Å². The first-order valence-corrected chi connectivity index (χ1v) is 11.0. The molecule has 0 radical (unpaired) electrons. The third-order valence-electron chi connectivity index (χ3n) is 5.56. The Kier molecular flexibility index (Phi) is 6.52. The molecule has 0 bridgehead atoms. The molecule has 2 fully saturated rings. The largest absolute Gasteiger partial charge is 0.340 e. The zero-order valence-electron chi connectivity index (χ0n) is 16.2. The fourth-order valence-electron chi connectivity index (χ4n) is 3.64. The van der Waals surface area contributed by atoms with Crippen molar-refractivity contribution >= 4 is 16.1 Å². The molecule has 2 saturated heterocycles. The van der Waals surface area contributed by atoms with Gasteiger partial charge in [-0.2, -0.15) is 17.0 Å². The highest BCUT2D eigenvalue weighted by Crippen LogP contribution is 2.21. The number of carbonyl (C=O) groups is 1. The lowest BCUT2D eigenvalue weighted by Gasteiger charge is -2.39. The van der Waals surface area contributed by atoms with Crippen molar-refractivity contribution in [1.82, 2.24) is 18.4 Å². The van der Waals surface area contributed by atoms with Gasteiger partial charge in [-0.1, -0.05) is 37.3 Å². The van der Waals surface area contributed by atoms with Crippen molar-refractivity contribution in [2.75, 3.05) is 59.4 Å². The molecule has 2 aliphatic heterocycles. The zero-order valence-corrected chi connectivity index (χ0v) is 17.1. The first-order valence-electron chi connectivity index (χ1n) is 9.64. The molecule has 7 nitrogen and oxygen atoms in total. The average Bonchev–Trinajstić information content (AvgIpc) is 2.69. The summed E-state index contributed by atoms with van der Waals surface area (Å²) in [5.74, 6) is 0.258. The number of amides is 1. The van der Waals surface area contributed by atoms with Crippen LogP contribution in [0, 0.1) is 0 Å². The molecule has 2 heterocycles. The minimum atomic E-state index is -3.42. The SMILES string of the molecule is C[C@H](CC(=O)N1CCN(S(=O)(=O)N2CCN(C)CC2)CC1)c1ccccc1. The quantitative estimate of drug-likeness (QED) is 0.742. The molecule has 0 saturated carbocycles. The summed E-state index contributed by atoms with van der Waals surface area (Å²) in [6, 6.07) is 10.0. The second-order valence-electron chi connectivity index (χ2n) is 7.51. The molecular weight excluding hydrogens is 364 g/mol. The Morgan fingerprint density at radius 1 is 0.926 bits per heavy atom. The van der Waals surface area contributed by atoms with E-state index >= 15 is 0 Å². The molecule has 0 spiro atoms. The van der Waals surface area contributed by atoms with Crippen molar-refractivity contribution in [2.24, 2.45) is 0 Å². The van der Waals surface area contributed by atoms with Gasteiger partial charge >= 0.3 is 0 Å². The number of nitrogens with zero attached hydrogens (tertiary/aromatic N) is 4. The molecule has 0 aliphatic carbocycles. The monoisotopic (exact) mass is 394 g/mol. The van der Waals surface area contributed by atoms with Crippen LogP contribution in [-0.2, 0) is 15.0 Å². The van der Waals surface area contributed by atoms with Crippen LogP contribution in [0.3, 0.4) is 0 Å². The highest BCUT2D eigenvalue weighted by atomic mass is 32.2. The van der Waals surface area contributed by atoms with Crippen molar-refractivity contribution in [3.05, 3.63) is 35.9 Å². The molecule has 1 aromatic rings. The van der Waals surface area contributed by atoms with Gasteiger partial charge in [-0.25, -0.2) is 0 Å². The Bertz CT molecular complexity index is 725. The van der Waals surface area contributed by atoms with Gasteiger partial charge in [0, 0.05) is 58.8 Å². The predicted octanol–water partition coefficient (Wildman–Crippen LogP) is 0.817. The van der Waals surface area contributed by atoms with E-state index < -0.39 is 10.2 Å². The van der Waals surface area contributed by atoms with Crippen LogP contribution >= 0.6 is 0 Å².